The number of nitrogens with one attached hydrogen (secondary N) is 1. The molecule has 1 aliphatic heterocycles. The van der Waals surface area contributed by atoms with Gasteiger partial charge in [-0.2, -0.15) is 11.8 Å². The van der Waals surface area contributed by atoms with Crippen molar-refractivity contribution in [3.63, 3.8) is 0 Å². The molecule has 0 aromatic rings. The van der Waals surface area contributed by atoms with E-state index in [1.807, 2.05) is 7.05 Å². The largest absolute Gasteiger partial charge is 0.316 e. The van der Waals surface area contributed by atoms with Gasteiger partial charge in [0.1, 0.15) is 0 Å². The van der Waals surface area contributed by atoms with E-state index in [4.69, 9.17) is 0 Å². The van der Waals surface area contributed by atoms with E-state index in [-0.39, 0.29) is 0 Å². The third kappa shape index (κ3) is 3.82. The first-order chi connectivity index (χ1) is 5.43. The minimum Gasteiger partial charge on any atom is -0.316 e. The molecule has 64 valence electrons. The van der Waals surface area contributed by atoms with Crippen molar-refractivity contribution in [2.24, 2.45) is 5.92 Å². The summed E-state index contributed by atoms with van der Waals surface area (Å²) in [6.45, 7) is 1.01. The van der Waals surface area contributed by atoms with Crippen molar-refractivity contribution in [2.45, 2.75) is 12.8 Å². The highest BCUT2D eigenvalue weighted by Crippen LogP contribution is 2.25. The van der Waals surface area contributed by atoms with E-state index < -0.39 is 0 Å². The first-order valence-electron chi connectivity index (χ1n) is 4.31. The van der Waals surface area contributed by atoms with E-state index >= 15 is 0 Å². The van der Waals surface area contributed by atoms with E-state index in [0.717, 1.165) is 12.5 Å². The van der Waals surface area contributed by atoms with Crippen LogP contribution in [0.2, 0.25) is 0 Å². The van der Waals surface area contributed by atoms with E-state index in [9.17, 15) is 0 Å². The Bertz CT molecular complexity index is 117. The molecule has 0 bridgehead atoms. The Morgan fingerprint density at radius 3 is 3.09 bits per heavy atom. The van der Waals surface area contributed by atoms with E-state index in [0.29, 0.717) is 0 Å². The number of thioether (sulfide) groups is 1. The molecule has 0 spiro atoms. The average Bonchev–Trinajstić information content (AvgIpc) is 2.50. The van der Waals surface area contributed by atoms with Crippen LogP contribution in [0, 0.1) is 5.92 Å². The summed E-state index contributed by atoms with van der Waals surface area (Å²) in [7, 11) is 1.98. The Morgan fingerprint density at radius 1 is 1.55 bits per heavy atom. The Hall–Kier alpha value is 0.0500. The molecule has 1 aliphatic rings. The zero-order chi connectivity index (χ0) is 7.94. The highest BCUT2D eigenvalue weighted by molar-refractivity contribution is 7.99. The normalized spacial score (nSPS) is 25.0. The predicted octanol–water partition coefficient (Wildman–Crippen LogP) is 1.91. The van der Waals surface area contributed by atoms with Crippen molar-refractivity contribution in [1.29, 1.82) is 0 Å². The van der Waals surface area contributed by atoms with Gasteiger partial charge in [-0.15, -0.1) is 0 Å². The van der Waals surface area contributed by atoms with Gasteiger partial charge in [0, 0.05) is 6.54 Å². The van der Waals surface area contributed by atoms with Crippen LogP contribution < -0.4 is 5.32 Å². The summed E-state index contributed by atoms with van der Waals surface area (Å²) < 4.78 is 0. The predicted molar refractivity (Wildman–Crippen MR) is 53.1 cm³/mol. The molecule has 1 rings (SSSR count). The second-order valence-electron chi connectivity index (χ2n) is 2.99. The zero-order valence-corrected chi connectivity index (χ0v) is 7.99. The highest BCUT2D eigenvalue weighted by Gasteiger charge is 2.12. The van der Waals surface area contributed by atoms with Gasteiger partial charge in [-0.05, 0) is 37.3 Å². The van der Waals surface area contributed by atoms with Crippen LogP contribution in [0.25, 0.3) is 0 Å². The molecule has 1 N–H and O–H groups in total. The maximum absolute atomic E-state index is 3.10. The Morgan fingerprint density at radius 2 is 2.45 bits per heavy atom. The van der Waals surface area contributed by atoms with Crippen molar-refractivity contribution < 1.29 is 0 Å². The zero-order valence-electron chi connectivity index (χ0n) is 7.18. The maximum Gasteiger partial charge on any atom is 0.0131 e. The van der Waals surface area contributed by atoms with E-state index in [1.165, 1.54) is 24.3 Å². The van der Waals surface area contributed by atoms with Gasteiger partial charge in [0.05, 0.1) is 0 Å². The van der Waals surface area contributed by atoms with Crippen molar-refractivity contribution in [1.82, 2.24) is 5.32 Å². The molecule has 11 heavy (non-hydrogen) atoms. The molecule has 0 amide bonds. The lowest BCUT2D eigenvalue weighted by Crippen LogP contribution is -2.04. The Balaban J connectivity index is 2.01. The van der Waals surface area contributed by atoms with Crippen molar-refractivity contribution >= 4 is 11.8 Å². The van der Waals surface area contributed by atoms with Gasteiger partial charge < -0.3 is 5.32 Å². The third-order valence-electron chi connectivity index (χ3n) is 1.98. The maximum atomic E-state index is 3.10. The number of rotatable bonds is 4. The fourth-order valence-electron chi connectivity index (χ4n) is 1.26. The van der Waals surface area contributed by atoms with Crippen LogP contribution >= 0.6 is 11.8 Å². The Kier molecular flexibility index (Phi) is 4.71. The first-order valence-corrected chi connectivity index (χ1v) is 5.46. The van der Waals surface area contributed by atoms with E-state index in [1.54, 1.807) is 0 Å². The van der Waals surface area contributed by atoms with E-state index in [2.05, 4.69) is 29.2 Å². The molecule has 1 saturated heterocycles. The number of hydrogen-bond acceptors (Lipinski definition) is 2. The molecule has 1 fully saturated rings. The molecule has 0 saturated carbocycles. The molecule has 0 radical (unpaired) electrons. The first kappa shape index (κ1) is 9.14. The average molecular weight is 171 g/mol. The van der Waals surface area contributed by atoms with Gasteiger partial charge in [-0.1, -0.05) is 12.2 Å². The van der Waals surface area contributed by atoms with Gasteiger partial charge in [0.25, 0.3) is 0 Å². The molecule has 2 heteroatoms. The number of likely N-dealkylation sites (N-methyl/N-ethyl adjacent to an activating group) is 1. The molecule has 0 aromatic heterocycles. The summed E-state index contributed by atoms with van der Waals surface area (Å²) in [5, 5.41) is 3.10. The smallest absolute Gasteiger partial charge is 0.0131 e. The standard InChI is InChI=1S/C9H17NS/c1-10-6-3-2-4-9-5-7-11-8-9/h2-3,9-10H,4-8H2,1H3/b3-2-. The molecular formula is C9H17NS. The van der Waals surface area contributed by atoms with Gasteiger partial charge in [-0.3, -0.25) is 0 Å². The number of hydrogen-bond donors (Lipinski definition) is 1. The van der Waals surface area contributed by atoms with Gasteiger partial charge in [0.15, 0.2) is 0 Å². The monoisotopic (exact) mass is 171 g/mol. The minimum atomic E-state index is 0.966. The fourth-order valence-corrected chi connectivity index (χ4v) is 2.56. The summed E-state index contributed by atoms with van der Waals surface area (Å²) in [5.41, 5.74) is 0. The summed E-state index contributed by atoms with van der Waals surface area (Å²) in [4.78, 5) is 0. The lowest BCUT2D eigenvalue weighted by atomic mass is 10.1. The SMILES string of the molecule is CNC/C=C\CC1CCSC1. The fraction of sp³-hybridized carbons (Fsp3) is 0.778. The topological polar surface area (TPSA) is 12.0 Å². The Labute approximate surface area is 73.6 Å². The van der Waals surface area contributed by atoms with Gasteiger partial charge in [-0.25, -0.2) is 0 Å². The summed E-state index contributed by atoms with van der Waals surface area (Å²) >= 11 is 2.10. The summed E-state index contributed by atoms with van der Waals surface area (Å²) in [5.74, 6) is 3.72. The molecule has 1 unspecified atom stereocenters. The van der Waals surface area contributed by atoms with Gasteiger partial charge in [0.2, 0.25) is 0 Å². The highest BCUT2D eigenvalue weighted by atomic mass is 32.2. The van der Waals surface area contributed by atoms with Crippen LogP contribution in [0.15, 0.2) is 12.2 Å². The van der Waals surface area contributed by atoms with Crippen molar-refractivity contribution in [3.8, 4) is 0 Å². The lowest BCUT2D eigenvalue weighted by molar-refractivity contribution is 0.608. The molecule has 0 aliphatic carbocycles. The summed E-state index contributed by atoms with van der Waals surface area (Å²) in [6, 6.07) is 0. The quantitative estimate of drug-likeness (QED) is 0.648. The van der Waals surface area contributed by atoms with Crippen LogP contribution in [0.1, 0.15) is 12.8 Å². The van der Waals surface area contributed by atoms with Crippen molar-refractivity contribution in [3.05, 3.63) is 12.2 Å². The summed E-state index contributed by atoms with van der Waals surface area (Å²) in [6.07, 6.45) is 7.25. The second-order valence-corrected chi connectivity index (χ2v) is 4.14. The number of allylic oxidation sites excluding steroid dienone is 1. The molecule has 1 heterocycles. The van der Waals surface area contributed by atoms with Crippen LogP contribution in [0.3, 0.4) is 0 Å². The third-order valence-corrected chi connectivity index (χ3v) is 3.21. The second kappa shape index (κ2) is 5.67. The lowest BCUT2D eigenvalue weighted by Gasteiger charge is -2.01. The minimum absolute atomic E-state index is 0.966. The van der Waals surface area contributed by atoms with Crippen molar-refractivity contribution in [2.75, 3.05) is 25.1 Å². The van der Waals surface area contributed by atoms with Crippen LogP contribution in [0.5, 0.6) is 0 Å². The van der Waals surface area contributed by atoms with Crippen LogP contribution in [-0.2, 0) is 0 Å². The van der Waals surface area contributed by atoms with Gasteiger partial charge >= 0.3 is 0 Å². The molecule has 1 nitrogen and oxygen atoms in total. The van der Waals surface area contributed by atoms with Crippen LogP contribution in [0.4, 0.5) is 0 Å². The van der Waals surface area contributed by atoms with Crippen LogP contribution in [-0.4, -0.2) is 25.1 Å². The molecular weight excluding hydrogens is 154 g/mol. The molecule has 0 aromatic carbocycles. The molecule has 1 atom stereocenters.